The molecule has 192 valence electrons. The quantitative estimate of drug-likeness (QED) is 0.551. The summed E-state index contributed by atoms with van der Waals surface area (Å²) >= 11 is 0. The number of morpholine rings is 1. The second-order valence-corrected chi connectivity index (χ2v) is 12.1. The van der Waals surface area contributed by atoms with Crippen LogP contribution in [0, 0.1) is 0 Å². The topological polar surface area (TPSA) is 123 Å². The number of aromatic nitrogens is 1. The van der Waals surface area contributed by atoms with E-state index in [1.54, 1.807) is 23.2 Å². The second kappa shape index (κ2) is 8.61. The molecule has 3 fully saturated rings. The lowest BCUT2D eigenvalue weighted by molar-refractivity contribution is -0.177. The van der Waals surface area contributed by atoms with Crippen LogP contribution in [0.1, 0.15) is 25.7 Å². The Morgan fingerprint density at radius 1 is 0.973 bits per heavy atom. The van der Waals surface area contributed by atoms with Gasteiger partial charge in [0.05, 0.1) is 22.6 Å². The van der Waals surface area contributed by atoms with Crippen LogP contribution >= 0.6 is 0 Å². The van der Waals surface area contributed by atoms with Gasteiger partial charge in [-0.3, -0.25) is 14.6 Å². The predicted octanol–water partition coefficient (Wildman–Crippen LogP) is 2.30. The third kappa shape index (κ3) is 4.09. The Morgan fingerprint density at radius 3 is 2.35 bits per heavy atom. The first-order valence-corrected chi connectivity index (χ1v) is 13.9. The minimum absolute atomic E-state index is 0.118. The van der Waals surface area contributed by atoms with E-state index in [9.17, 15) is 18.0 Å². The summed E-state index contributed by atoms with van der Waals surface area (Å²) < 4.78 is 34.2. The standard InChI is InChI=1S/C27H28N4O5S/c28-25(33)27(9-10-27)31-18-26(36-17-24(31)32)11-14-30(15-12-26)37(34,35)22-7-5-19(6-8-22)21-4-3-20-2-1-13-29-23(20)16-21/h1-8,13,16H,9-12,14-15,17-18H2,(H2,28,33). The molecule has 2 aliphatic heterocycles. The summed E-state index contributed by atoms with van der Waals surface area (Å²) in [4.78, 5) is 30.7. The van der Waals surface area contributed by atoms with Crippen LogP contribution in [0.5, 0.6) is 0 Å². The van der Waals surface area contributed by atoms with Gasteiger partial charge in [0, 0.05) is 24.7 Å². The monoisotopic (exact) mass is 520 g/mol. The molecule has 1 spiro atoms. The van der Waals surface area contributed by atoms with Crippen LogP contribution in [-0.4, -0.2) is 71.8 Å². The molecule has 2 aromatic carbocycles. The fraction of sp³-hybridized carbons (Fsp3) is 0.370. The van der Waals surface area contributed by atoms with Crippen LogP contribution in [0.2, 0.25) is 0 Å². The fourth-order valence-electron chi connectivity index (χ4n) is 5.52. The number of sulfonamides is 1. The normalized spacial score (nSPS) is 21.3. The molecule has 10 heteroatoms. The molecule has 6 rings (SSSR count). The molecule has 1 aliphatic carbocycles. The van der Waals surface area contributed by atoms with Crippen LogP contribution in [-0.2, 0) is 24.3 Å². The van der Waals surface area contributed by atoms with Crippen molar-refractivity contribution in [3.63, 3.8) is 0 Å². The molecule has 1 saturated carbocycles. The molecule has 0 bridgehead atoms. The molecule has 2 amide bonds. The zero-order valence-corrected chi connectivity index (χ0v) is 21.1. The maximum absolute atomic E-state index is 13.4. The van der Waals surface area contributed by atoms with Crippen molar-refractivity contribution in [3.05, 3.63) is 60.8 Å². The lowest BCUT2D eigenvalue weighted by atomic mass is 9.89. The summed E-state index contributed by atoms with van der Waals surface area (Å²) in [6.45, 7) is 0.684. The summed E-state index contributed by atoms with van der Waals surface area (Å²) in [5, 5.41) is 1.05. The van der Waals surface area contributed by atoms with Crippen LogP contribution in [0.15, 0.2) is 65.7 Å². The van der Waals surface area contributed by atoms with Crippen molar-refractivity contribution in [3.8, 4) is 11.1 Å². The van der Waals surface area contributed by atoms with Crippen molar-refractivity contribution in [1.29, 1.82) is 0 Å². The molecule has 37 heavy (non-hydrogen) atoms. The number of ether oxygens (including phenoxy) is 1. The van der Waals surface area contributed by atoms with Gasteiger partial charge in [-0.1, -0.05) is 30.3 Å². The number of carbonyl (C=O) groups excluding carboxylic acids is 2. The Hall–Kier alpha value is -3.34. The summed E-state index contributed by atoms with van der Waals surface area (Å²) in [7, 11) is -3.69. The second-order valence-electron chi connectivity index (χ2n) is 10.2. The number of rotatable bonds is 5. The number of amides is 2. The zero-order valence-electron chi connectivity index (χ0n) is 20.3. The van der Waals surface area contributed by atoms with Gasteiger partial charge in [-0.25, -0.2) is 8.42 Å². The number of carbonyl (C=O) groups is 2. The Bertz CT molecular complexity index is 1490. The van der Waals surface area contributed by atoms with Gasteiger partial charge in [0.15, 0.2) is 0 Å². The number of pyridine rings is 1. The fourth-order valence-corrected chi connectivity index (χ4v) is 6.96. The minimum Gasteiger partial charge on any atom is -0.368 e. The molecular weight excluding hydrogens is 492 g/mol. The summed E-state index contributed by atoms with van der Waals surface area (Å²) in [5.74, 6) is -0.722. The van der Waals surface area contributed by atoms with Crippen LogP contribution in [0.4, 0.5) is 0 Å². The van der Waals surface area contributed by atoms with Gasteiger partial charge in [-0.2, -0.15) is 4.31 Å². The van der Waals surface area contributed by atoms with Gasteiger partial charge in [-0.15, -0.1) is 0 Å². The molecule has 1 aromatic heterocycles. The van der Waals surface area contributed by atoms with Gasteiger partial charge in [0.2, 0.25) is 21.8 Å². The lowest BCUT2D eigenvalue weighted by Crippen LogP contribution is -2.64. The number of nitrogens with zero attached hydrogens (tertiary/aromatic N) is 3. The Morgan fingerprint density at radius 2 is 1.68 bits per heavy atom. The largest absolute Gasteiger partial charge is 0.368 e. The van der Waals surface area contributed by atoms with Crippen LogP contribution in [0.25, 0.3) is 22.0 Å². The van der Waals surface area contributed by atoms with Crippen molar-refractivity contribution in [2.24, 2.45) is 5.73 Å². The molecule has 0 atom stereocenters. The van der Waals surface area contributed by atoms with E-state index in [2.05, 4.69) is 4.98 Å². The van der Waals surface area contributed by atoms with Gasteiger partial charge in [0.25, 0.3) is 0 Å². The highest BCUT2D eigenvalue weighted by Gasteiger charge is 2.59. The number of hydrogen-bond donors (Lipinski definition) is 1. The van der Waals surface area contributed by atoms with E-state index in [-0.39, 0.29) is 37.0 Å². The number of fused-ring (bicyclic) bond motifs is 1. The Kier molecular flexibility index (Phi) is 5.59. The first-order chi connectivity index (χ1) is 17.7. The highest BCUT2D eigenvalue weighted by molar-refractivity contribution is 7.89. The van der Waals surface area contributed by atoms with Gasteiger partial charge in [-0.05, 0) is 61.1 Å². The number of hydrogen-bond acceptors (Lipinski definition) is 6. The third-order valence-corrected chi connectivity index (χ3v) is 9.93. The van der Waals surface area contributed by atoms with Gasteiger partial charge < -0.3 is 15.4 Å². The molecule has 9 nitrogen and oxygen atoms in total. The molecule has 0 radical (unpaired) electrons. The average Bonchev–Trinajstić information content (AvgIpc) is 3.73. The number of nitrogens with two attached hydrogens (primary N) is 1. The minimum atomic E-state index is -3.69. The number of primary amides is 1. The third-order valence-electron chi connectivity index (χ3n) is 8.01. The highest BCUT2D eigenvalue weighted by atomic mass is 32.2. The first-order valence-electron chi connectivity index (χ1n) is 12.4. The molecule has 3 heterocycles. The summed E-state index contributed by atoms with van der Waals surface area (Å²) in [6.07, 6.45) is 3.76. The van der Waals surface area contributed by atoms with E-state index in [1.165, 1.54) is 4.31 Å². The zero-order chi connectivity index (χ0) is 25.8. The summed E-state index contributed by atoms with van der Waals surface area (Å²) in [5.41, 5.74) is 6.78. The van der Waals surface area contributed by atoms with Crippen molar-refractivity contribution in [2.75, 3.05) is 26.2 Å². The molecule has 0 unspecified atom stereocenters. The lowest BCUT2D eigenvalue weighted by Gasteiger charge is -2.48. The number of piperidine rings is 1. The van der Waals surface area contributed by atoms with E-state index in [4.69, 9.17) is 10.5 Å². The van der Waals surface area contributed by atoms with Gasteiger partial charge in [0.1, 0.15) is 12.1 Å². The van der Waals surface area contributed by atoms with Crippen molar-refractivity contribution < 1.29 is 22.7 Å². The summed E-state index contributed by atoms with van der Waals surface area (Å²) in [6, 6.07) is 16.8. The van der Waals surface area contributed by atoms with Gasteiger partial charge >= 0.3 is 0 Å². The smallest absolute Gasteiger partial charge is 0.249 e. The Balaban J connectivity index is 1.16. The SMILES string of the molecule is NC(=O)C1(N2CC3(CCN(S(=O)(=O)c4ccc(-c5ccc6cccnc6c5)cc4)CC3)OCC2=O)CC1. The van der Waals surface area contributed by atoms with E-state index in [0.29, 0.717) is 25.7 Å². The van der Waals surface area contributed by atoms with E-state index in [1.807, 2.05) is 42.5 Å². The highest BCUT2D eigenvalue weighted by Crippen LogP contribution is 2.45. The van der Waals surface area contributed by atoms with Crippen LogP contribution < -0.4 is 5.73 Å². The van der Waals surface area contributed by atoms with Crippen LogP contribution in [0.3, 0.4) is 0 Å². The van der Waals surface area contributed by atoms with E-state index >= 15 is 0 Å². The maximum atomic E-state index is 13.4. The van der Waals surface area contributed by atoms with Crippen molar-refractivity contribution in [2.45, 2.75) is 41.7 Å². The van der Waals surface area contributed by atoms with Crippen molar-refractivity contribution >= 4 is 32.7 Å². The number of benzene rings is 2. The molecular formula is C27H28N4O5S. The first kappa shape index (κ1) is 24.0. The molecule has 3 aromatic rings. The van der Waals surface area contributed by atoms with E-state index < -0.39 is 27.1 Å². The Labute approximate surface area is 215 Å². The maximum Gasteiger partial charge on any atom is 0.249 e. The molecule has 2 N–H and O–H groups in total. The molecule has 3 aliphatic rings. The predicted molar refractivity (Wildman–Crippen MR) is 137 cm³/mol. The average molecular weight is 521 g/mol. The van der Waals surface area contributed by atoms with E-state index in [0.717, 1.165) is 22.0 Å². The van der Waals surface area contributed by atoms with Crippen molar-refractivity contribution in [1.82, 2.24) is 14.2 Å². The molecule has 2 saturated heterocycles.